The van der Waals surface area contributed by atoms with Crippen LogP contribution < -0.4 is 4.74 Å². The van der Waals surface area contributed by atoms with Crippen LogP contribution in [0.25, 0.3) is 0 Å². The molecule has 0 fully saturated rings. The summed E-state index contributed by atoms with van der Waals surface area (Å²) >= 11 is 0. The van der Waals surface area contributed by atoms with Gasteiger partial charge >= 0.3 is 0 Å². The van der Waals surface area contributed by atoms with Crippen molar-refractivity contribution in [1.82, 2.24) is 0 Å². The fourth-order valence-corrected chi connectivity index (χ4v) is 3.19. The van der Waals surface area contributed by atoms with Crippen LogP contribution in [0.5, 0.6) is 5.75 Å². The minimum Gasteiger partial charge on any atom is -0.497 e. The Kier molecular flexibility index (Phi) is 3.29. The second-order valence-corrected chi connectivity index (χ2v) is 5.44. The van der Waals surface area contributed by atoms with Crippen molar-refractivity contribution in [2.24, 2.45) is 0 Å². The molecule has 98 valence electrons. The lowest BCUT2D eigenvalue weighted by Crippen LogP contribution is -2.14. The molecule has 2 aromatic rings. The average Bonchev–Trinajstić information content (AvgIpc) is 2.48. The van der Waals surface area contributed by atoms with Crippen LogP contribution in [0.1, 0.15) is 48.3 Å². The Bertz CT molecular complexity index is 559. The maximum atomic E-state index is 5.40. The first-order valence-corrected chi connectivity index (χ1v) is 7.02. The van der Waals surface area contributed by atoms with Crippen molar-refractivity contribution in [3.63, 3.8) is 0 Å². The van der Waals surface area contributed by atoms with E-state index in [4.69, 9.17) is 4.74 Å². The lowest BCUT2D eigenvalue weighted by molar-refractivity contribution is 0.412. The summed E-state index contributed by atoms with van der Waals surface area (Å²) < 4.78 is 5.40. The summed E-state index contributed by atoms with van der Waals surface area (Å²) in [6.07, 6.45) is 2.49. The van der Waals surface area contributed by atoms with Crippen LogP contribution in [0.15, 0.2) is 48.5 Å². The number of hydrogen-bond donors (Lipinski definition) is 0. The molecule has 0 aromatic heterocycles. The molecule has 0 bridgehead atoms. The molecule has 1 heteroatoms. The Morgan fingerprint density at radius 2 is 1.74 bits per heavy atom. The molecule has 0 N–H and O–H groups in total. The minimum absolute atomic E-state index is 0.516. The second kappa shape index (κ2) is 5.08. The molecule has 0 spiro atoms. The zero-order chi connectivity index (χ0) is 13.2. The fraction of sp³-hybridized carbons (Fsp3) is 0.333. The van der Waals surface area contributed by atoms with Crippen LogP contribution in [-0.4, -0.2) is 7.11 Å². The highest BCUT2D eigenvalue weighted by Crippen LogP contribution is 2.43. The number of benzene rings is 2. The lowest BCUT2D eigenvalue weighted by atomic mass is 9.74. The van der Waals surface area contributed by atoms with Gasteiger partial charge in [-0.25, -0.2) is 0 Å². The first-order chi connectivity index (χ1) is 9.29. The van der Waals surface area contributed by atoms with Gasteiger partial charge in [-0.1, -0.05) is 43.3 Å². The van der Waals surface area contributed by atoms with Gasteiger partial charge in [-0.3, -0.25) is 0 Å². The summed E-state index contributed by atoms with van der Waals surface area (Å²) in [4.78, 5) is 0. The molecule has 0 heterocycles. The van der Waals surface area contributed by atoms with Crippen molar-refractivity contribution in [3.05, 3.63) is 65.2 Å². The van der Waals surface area contributed by atoms with Gasteiger partial charge in [0.2, 0.25) is 0 Å². The molecule has 2 unspecified atom stereocenters. The van der Waals surface area contributed by atoms with E-state index in [1.807, 2.05) is 0 Å². The molecule has 0 aliphatic heterocycles. The number of rotatable bonds is 2. The van der Waals surface area contributed by atoms with E-state index in [-0.39, 0.29) is 0 Å². The van der Waals surface area contributed by atoms with E-state index in [0.29, 0.717) is 11.8 Å². The highest BCUT2D eigenvalue weighted by Gasteiger charge is 2.26. The standard InChI is InChI=1S/C18H20O/c1-13-8-10-17(14-6-4-3-5-7-14)18-12-15(19-2)9-11-16(13)18/h3-7,9,11-13,17H,8,10H2,1-2H3. The summed E-state index contributed by atoms with van der Waals surface area (Å²) in [6.45, 7) is 2.33. The molecule has 2 atom stereocenters. The molecule has 0 amide bonds. The van der Waals surface area contributed by atoms with Gasteiger partial charge in [0.05, 0.1) is 7.11 Å². The van der Waals surface area contributed by atoms with Gasteiger partial charge in [-0.05, 0) is 47.6 Å². The topological polar surface area (TPSA) is 9.23 Å². The molecule has 0 saturated carbocycles. The normalized spacial score (nSPS) is 21.8. The molecule has 0 radical (unpaired) electrons. The molecular weight excluding hydrogens is 232 g/mol. The number of ether oxygens (including phenoxy) is 1. The molecule has 1 nitrogen and oxygen atoms in total. The molecule has 3 rings (SSSR count). The largest absolute Gasteiger partial charge is 0.497 e. The molecule has 0 saturated heterocycles. The van der Waals surface area contributed by atoms with Gasteiger partial charge in [0.15, 0.2) is 0 Å². The van der Waals surface area contributed by atoms with Crippen LogP contribution in [0, 0.1) is 0 Å². The van der Waals surface area contributed by atoms with Gasteiger partial charge in [0.25, 0.3) is 0 Å². The Balaban J connectivity index is 2.08. The monoisotopic (exact) mass is 252 g/mol. The zero-order valence-electron chi connectivity index (χ0n) is 11.6. The van der Waals surface area contributed by atoms with E-state index in [9.17, 15) is 0 Å². The predicted molar refractivity (Wildman–Crippen MR) is 78.9 cm³/mol. The van der Waals surface area contributed by atoms with Gasteiger partial charge < -0.3 is 4.74 Å². The maximum absolute atomic E-state index is 5.40. The Morgan fingerprint density at radius 3 is 2.47 bits per heavy atom. The van der Waals surface area contributed by atoms with E-state index in [1.54, 1.807) is 7.11 Å². The quantitative estimate of drug-likeness (QED) is 0.751. The first kappa shape index (κ1) is 12.3. The van der Waals surface area contributed by atoms with Crippen molar-refractivity contribution >= 4 is 0 Å². The van der Waals surface area contributed by atoms with Gasteiger partial charge in [-0.15, -0.1) is 0 Å². The van der Waals surface area contributed by atoms with Gasteiger partial charge in [0, 0.05) is 5.92 Å². The molecule has 1 aliphatic rings. The zero-order valence-corrected chi connectivity index (χ0v) is 11.6. The van der Waals surface area contributed by atoms with E-state index < -0.39 is 0 Å². The number of hydrogen-bond acceptors (Lipinski definition) is 1. The first-order valence-electron chi connectivity index (χ1n) is 7.02. The SMILES string of the molecule is COc1ccc2c(c1)C(c1ccccc1)CCC2C. The van der Waals surface area contributed by atoms with Crippen LogP contribution in [0.3, 0.4) is 0 Å². The smallest absolute Gasteiger partial charge is 0.119 e. The predicted octanol–water partition coefficient (Wildman–Crippen LogP) is 4.72. The fourth-order valence-electron chi connectivity index (χ4n) is 3.19. The summed E-state index contributed by atoms with van der Waals surface area (Å²) in [5.41, 5.74) is 4.36. The Hall–Kier alpha value is -1.76. The highest BCUT2D eigenvalue weighted by atomic mass is 16.5. The minimum atomic E-state index is 0.516. The number of methoxy groups -OCH3 is 1. The third-order valence-electron chi connectivity index (χ3n) is 4.29. The van der Waals surface area contributed by atoms with Crippen LogP contribution in [-0.2, 0) is 0 Å². The Morgan fingerprint density at radius 1 is 0.947 bits per heavy atom. The lowest BCUT2D eigenvalue weighted by Gasteiger charge is -2.30. The van der Waals surface area contributed by atoms with Crippen LogP contribution in [0.2, 0.25) is 0 Å². The van der Waals surface area contributed by atoms with Crippen LogP contribution >= 0.6 is 0 Å². The average molecular weight is 252 g/mol. The van der Waals surface area contributed by atoms with Crippen molar-refractivity contribution in [2.45, 2.75) is 31.6 Å². The van der Waals surface area contributed by atoms with E-state index in [0.717, 1.165) is 5.75 Å². The van der Waals surface area contributed by atoms with Gasteiger partial charge in [0.1, 0.15) is 5.75 Å². The molecule has 19 heavy (non-hydrogen) atoms. The van der Waals surface area contributed by atoms with Crippen molar-refractivity contribution in [2.75, 3.05) is 7.11 Å². The summed E-state index contributed by atoms with van der Waals surface area (Å²) in [7, 11) is 1.74. The second-order valence-electron chi connectivity index (χ2n) is 5.44. The van der Waals surface area contributed by atoms with E-state index >= 15 is 0 Å². The van der Waals surface area contributed by atoms with Crippen molar-refractivity contribution in [3.8, 4) is 5.75 Å². The summed E-state index contributed by atoms with van der Waals surface area (Å²) in [5, 5.41) is 0. The maximum Gasteiger partial charge on any atom is 0.119 e. The third-order valence-corrected chi connectivity index (χ3v) is 4.29. The van der Waals surface area contributed by atoms with E-state index in [2.05, 4.69) is 55.5 Å². The molecule has 1 aliphatic carbocycles. The Labute approximate surface area is 115 Å². The van der Waals surface area contributed by atoms with Gasteiger partial charge in [-0.2, -0.15) is 0 Å². The summed E-state index contributed by atoms with van der Waals surface area (Å²) in [5.74, 6) is 2.14. The number of fused-ring (bicyclic) bond motifs is 1. The van der Waals surface area contributed by atoms with E-state index in [1.165, 1.54) is 29.5 Å². The highest BCUT2D eigenvalue weighted by molar-refractivity contribution is 5.45. The van der Waals surface area contributed by atoms with Crippen molar-refractivity contribution in [1.29, 1.82) is 0 Å². The van der Waals surface area contributed by atoms with Crippen molar-refractivity contribution < 1.29 is 4.74 Å². The molecule has 2 aromatic carbocycles. The molecular formula is C18H20O. The third kappa shape index (κ3) is 2.25. The van der Waals surface area contributed by atoms with Crippen LogP contribution in [0.4, 0.5) is 0 Å². The summed E-state index contributed by atoms with van der Waals surface area (Å²) in [6, 6.07) is 17.4.